The van der Waals surface area contributed by atoms with Crippen LogP contribution in [0.3, 0.4) is 0 Å². The minimum absolute atomic E-state index is 0.175. The van der Waals surface area contributed by atoms with E-state index in [-0.39, 0.29) is 6.10 Å². The van der Waals surface area contributed by atoms with Gasteiger partial charge in [0, 0.05) is 0 Å². The minimum atomic E-state index is -0.175. The molecule has 0 aliphatic heterocycles. The maximum absolute atomic E-state index is 9.13. The van der Waals surface area contributed by atoms with Gasteiger partial charge in [0.25, 0.3) is 0 Å². The maximum Gasteiger partial charge on any atom is 0.0515 e. The third-order valence-corrected chi connectivity index (χ3v) is 3.74. The fraction of sp³-hybridized carbons (Fsp3) is 0.714. The van der Waals surface area contributed by atoms with Gasteiger partial charge < -0.3 is 5.11 Å². The first-order chi connectivity index (χ1) is 10.8. The van der Waals surface area contributed by atoms with Crippen molar-refractivity contribution in [1.29, 1.82) is 0 Å². The van der Waals surface area contributed by atoms with Crippen molar-refractivity contribution in [2.75, 3.05) is 0 Å². The largest absolute Gasteiger partial charge is 0.393 e. The molecule has 0 aromatic rings. The van der Waals surface area contributed by atoms with Crippen LogP contribution in [0.5, 0.6) is 0 Å². The number of aliphatic hydroxyl groups excluding tert-OH is 1. The molecule has 1 heteroatoms. The molecule has 0 aliphatic rings. The standard InChI is InChI=1S/C21H38O/c1-3-4-5-6-7-8-9-10-11-12-13-14-15-16-17-18-19-20-21(2)22/h8-9,14-15,17-18,21-22H,3-7,10-13,16,19-20H2,1-2H3/b9-8-,15-14-,18-17-. The smallest absolute Gasteiger partial charge is 0.0515 e. The molecule has 0 bridgehead atoms. The molecule has 1 atom stereocenters. The quantitative estimate of drug-likeness (QED) is 0.262. The van der Waals surface area contributed by atoms with Crippen molar-refractivity contribution in [3.63, 3.8) is 0 Å². The summed E-state index contributed by atoms with van der Waals surface area (Å²) in [4.78, 5) is 0. The molecule has 0 radical (unpaired) electrons. The summed E-state index contributed by atoms with van der Waals surface area (Å²) in [6.07, 6.45) is 28.1. The molecule has 128 valence electrons. The first-order valence-electron chi connectivity index (χ1n) is 9.40. The molecule has 0 aromatic carbocycles. The molecule has 0 amide bonds. The van der Waals surface area contributed by atoms with Crippen LogP contribution in [0.4, 0.5) is 0 Å². The number of hydrogen-bond donors (Lipinski definition) is 1. The molecule has 1 N–H and O–H groups in total. The molecule has 22 heavy (non-hydrogen) atoms. The van der Waals surface area contributed by atoms with Crippen molar-refractivity contribution in [3.8, 4) is 0 Å². The van der Waals surface area contributed by atoms with E-state index in [4.69, 9.17) is 5.11 Å². The highest BCUT2D eigenvalue weighted by Gasteiger charge is 1.90. The number of aliphatic hydroxyl groups is 1. The highest BCUT2D eigenvalue weighted by molar-refractivity contribution is 4.93. The molecule has 0 heterocycles. The van der Waals surface area contributed by atoms with Gasteiger partial charge >= 0.3 is 0 Å². The van der Waals surface area contributed by atoms with Gasteiger partial charge in [-0.3, -0.25) is 0 Å². The van der Waals surface area contributed by atoms with Gasteiger partial charge in [0.1, 0.15) is 0 Å². The van der Waals surface area contributed by atoms with Gasteiger partial charge in [0.05, 0.1) is 6.10 Å². The molecular weight excluding hydrogens is 268 g/mol. The van der Waals surface area contributed by atoms with Crippen molar-refractivity contribution in [2.45, 2.75) is 97.0 Å². The van der Waals surface area contributed by atoms with E-state index >= 15 is 0 Å². The highest BCUT2D eigenvalue weighted by Crippen LogP contribution is 2.06. The van der Waals surface area contributed by atoms with Crippen LogP contribution in [0, 0.1) is 0 Å². The molecular formula is C21H38O. The van der Waals surface area contributed by atoms with Crippen LogP contribution in [-0.2, 0) is 0 Å². The van der Waals surface area contributed by atoms with Gasteiger partial charge in [0.2, 0.25) is 0 Å². The zero-order chi connectivity index (χ0) is 16.3. The van der Waals surface area contributed by atoms with E-state index in [1.165, 1.54) is 57.8 Å². The molecule has 0 aromatic heterocycles. The number of unbranched alkanes of at least 4 members (excludes halogenated alkanes) is 7. The number of hydrogen-bond acceptors (Lipinski definition) is 1. The summed E-state index contributed by atoms with van der Waals surface area (Å²) in [6.45, 7) is 4.10. The molecule has 0 saturated heterocycles. The molecule has 0 rings (SSSR count). The Morgan fingerprint density at radius 1 is 0.682 bits per heavy atom. The molecule has 1 nitrogen and oxygen atoms in total. The van der Waals surface area contributed by atoms with Crippen LogP contribution in [0.25, 0.3) is 0 Å². The summed E-state index contributed by atoms with van der Waals surface area (Å²) in [5.41, 5.74) is 0. The average molecular weight is 307 g/mol. The molecule has 0 fully saturated rings. The van der Waals surface area contributed by atoms with Crippen LogP contribution in [-0.4, -0.2) is 11.2 Å². The second-order valence-corrected chi connectivity index (χ2v) is 6.21. The lowest BCUT2D eigenvalue weighted by Gasteiger charge is -1.97. The second kappa shape index (κ2) is 18.2. The zero-order valence-corrected chi connectivity index (χ0v) is 15.0. The van der Waals surface area contributed by atoms with Gasteiger partial charge in [-0.25, -0.2) is 0 Å². The zero-order valence-electron chi connectivity index (χ0n) is 15.0. The van der Waals surface area contributed by atoms with Crippen molar-refractivity contribution < 1.29 is 5.11 Å². The maximum atomic E-state index is 9.13. The van der Waals surface area contributed by atoms with E-state index in [2.05, 4.69) is 43.4 Å². The lowest BCUT2D eigenvalue weighted by Crippen LogP contribution is -1.96. The fourth-order valence-corrected chi connectivity index (χ4v) is 2.29. The Balaban J connectivity index is 3.24. The van der Waals surface area contributed by atoms with E-state index in [0.29, 0.717) is 0 Å². The summed E-state index contributed by atoms with van der Waals surface area (Å²) in [6, 6.07) is 0. The van der Waals surface area contributed by atoms with Crippen LogP contribution in [0.1, 0.15) is 90.9 Å². The number of rotatable bonds is 15. The summed E-state index contributed by atoms with van der Waals surface area (Å²) >= 11 is 0. The van der Waals surface area contributed by atoms with Crippen LogP contribution in [0.2, 0.25) is 0 Å². The van der Waals surface area contributed by atoms with E-state index in [1.807, 2.05) is 6.92 Å². The minimum Gasteiger partial charge on any atom is -0.393 e. The summed E-state index contributed by atoms with van der Waals surface area (Å²) in [7, 11) is 0. The Labute approximate surface area is 139 Å². The molecule has 0 saturated carbocycles. The summed E-state index contributed by atoms with van der Waals surface area (Å²) < 4.78 is 0. The van der Waals surface area contributed by atoms with E-state index in [9.17, 15) is 0 Å². The Bertz CT molecular complexity index is 286. The van der Waals surface area contributed by atoms with Gasteiger partial charge in [-0.2, -0.15) is 0 Å². The van der Waals surface area contributed by atoms with Crippen LogP contribution >= 0.6 is 0 Å². The van der Waals surface area contributed by atoms with Gasteiger partial charge in [-0.1, -0.05) is 62.6 Å². The average Bonchev–Trinajstić information content (AvgIpc) is 2.50. The summed E-state index contributed by atoms with van der Waals surface area (Å²) in [5.74, 6) is 0. The molecule has 0 spiro atoms. The first-order valence-corrected chi connectivity index (χ1v) is 9.40. The Kier molecular flexibility index (Phi) is 17.6. The topological polar surface area (TPSA) is 20.2 Å². The highest BCUT2D eigenvalue weighted by atomic mass is 16.3. The Morgan fingerprint density at radius 2 is 1.18 bits per heavy atom. The third kappa shape index (κ3) is 19.2. The van der Waals surface area contributed by atoms with E-state index in [0.717, 1.165) is 19.3 Å². The monoisotopic (exact) mass is 306 g/mol. The van der Waals surface area contributed by atoms with Gasteiger partial charge in [-0.05, 0) is 64.7 Å². The lowest BCUT2D eigenvalue weighted by atomic mass is 10.1. The second-order valence-electron chi connectivity index (χ2n) is 6.21. The normalized spacial score (nSPS) is 13.8. The van der Waals surface area contributed by atoms with Gasteiger partial charge in [0.15, 0.2) is 0 Å². The van der Waals surface area contributed by atoms with Crippen molar-refractivity contribution >= 4 is 0 Å². The SMILES string of the molecule is CCCCCC/C=C\CCCC/C=C\C/C=C\CCC(C)O. The summed E-state index contributed by atoms with van der Waals surface area (Å²) in [5, 5.41) is 9.13. The van der Waals surface area contributed by atoms with Crippen LogP contribution in [0.15, 0.2) is 36.5 Å². The van der Waals surface area contributed by atoms with E-state index < -0.39 is 0 Å². The predicted octanol–water partition coefficient (Wildman–Crippen LogP) is 6.74. The third-order valence-electron chi connectivity index (χ3n) is 3.74. The molecule has 0 aliphatic carbocycles. The van der Waals surface area contributed by atoms with Gasteiger partial charge in [-0.15, -0.1) is 0 Å². The predicted molar refractivity (Wildman–Crippen MR) is 100 cm³/mol. The fourth-order valence-electron chi connectivity index (χ4n) is 2.29. The lowest BCUT2D eigenvalue weighted by molar-refractivity contribution is 0.186. The first kappa shape index (κ1) is 21.2. The van der Waals surface area contributed by atoms with Crippen molar-refractivity contribution in [1.82, 2.24) is 0 Å². The van der Waals surface area contributed by atoms with E-state index in [1.54, 1.807) is 0 Å². The van der Waals surface area contributed by atoms with Crippen molar-refractivity contribution in [3.05, 3.63) is 36.5 Å². The van der Waals surface area contributed by atoms with Crippen LogP contribution < -0.4 is 0 Å². The van der Waals surface area contributed by atoms with Crippen molar-refractivity contribution in [2.24, 2.45) is 0 Å². The molecule has 1 unspecified atom stereocenters. The Morgan fingerprint density at radius 3 is 1.73 bits per heavy atom. The number of allylic oxidation sites excluding steroid dienone is 6. The Hall–Kier alpha value is -0.820.